The van der Waals surface area contributed by atoms with E-state index in [1.54, 1.807) is 0 Å². The van der Waals surface area contributed by atoms with Crippen LogP contribution >= 0.6 is 15.9 Å². The van der Waals surface area contributed by atoms with E-state index >= 15 is 0 Å². The van der Waals surface area contributed by atoms with Gasteiger partial charge in [0.05, 0.1) is 11.7 Å². The second-order valence-electron chi connectivity index (χ2n) is 4.82. The number of rotatable bonds is 2. The van der Waals surface area contributed by atoms with Gasteiger partial charge in [0.25, 0.3) is 0 Å². The second kappa shape index (κ2) is 4.86. The molecule has 0 saturated carbocycles. The van der Waals surface area contributed by atoms with Gasteiger partial charge in [-0.3, -0.25) is 4.90 Å². The monoisotopic (exact) mass is 305 g/mol. The van der Waals surface area contributed by atoms with E-state index in [9.17, 15) is 0 Å². The molecule has 0 bridgehead atoms. The van der Waals surface area contributed by atoms with Crippen LogP contribution in [0.4, 0.5) is 0 Å². The Kier molecular flexibility index (Phi) is 3.22. The molecule has 0 amide bonds. The van der Waals surface area contributed by atoms with Crippen LogP contribution in [0.15, 0.2) is 34.9 Å². The summed E-state index contributed by atoms with van der Waals surface area (Å²) in [5, 5.41) is 0. The van der Waals surface area contributed by atoms with E-state index in [1.165, 1.54) is 19.4 Å². The maximum absolute atomic E-state index is 4.73. The average Bonchev–Trinajstić information content (AvgIpc) is 2.98. The molecule has 0 spiro atoms. The Hall–Kier alpha value is -1.13. The summed E-state index contributed by atoms with van der Waals surface area (Å²) in [6.45, 7) is 1.17. The van der Waals surface area contributed by atoms with Gasteiger partial charge in [-0.15, -0.1) is 0 Å². The molecule has 1 aliphatic rings. The van der Waals surface area contributed by atoms with E-state index in [-0.39, 0.29) is 0 Å². The lowest BCUT2D eigenvalue weighted by Gasteiger charge is -2.16. The van der Waals surface area contributed by atoms with E-state index in [2.05, 4.69) is 45.0 Å². The van der Waals surface area contributed by atoms with E-state index in [0.29, 0.717) is 6.04 Å². The fourth-order valence-electron chi connectivity index (χ4n) is 2.53. The predicted octanol–water partition coefficient (Wildman–Crippen LogP) is 3.61. The third-order valence-electron chi connectivity index (χ3n) is 3.57. The van der Waals surface area contributed by atoms with Crippen LogP contribution in [-0.2, 0) is 0 Å². The second-order valence-corrected chi connectivity index (χ2v) is 5.73. The van der Waals surface area contributed by atoms with Gasteiger partial charge in [0.15, 0.2) is 0 Å². The molecule has 1 atom stereocenters. The van der Waals surface area contributed by atoms with Crippen molar-refractivity contribution >= 4 is 15.9 Å². The summed E-state index contributed by atoms with van der Waals surface area (Å²) in [6.07, 6.45) is 4.46. The average molecular weight is 306 g/mol. The molecule has 1 aromatic carbocycles. The van der Waals surface area contributed by atoms with Crippen LogP contribution in [0, 0.1) is 0 Å². The van der Waals surface area contributed by atoms with Crippen LogP contribution in [0.25, 0.3) is 11.3 Å². The maximum atomic E-state index is 4.73. The van der Waals surface area contributed by atoms with Crippen molar-refractivity contribution in [3.05, 3.63) is 40.8 Å². The highest BCUT2D eigenvalue weighted by Crippen LogP contribution is 2.30. The lowest BCUT2D eigenvalue weighted by molar-refractivity contribution is 0.307. The molecule has 18 heavy (non-hydrogen) atoms. The first-order valence-electron chi connectivity index (χ1n) is 6.25. The molecule has 0 radical (unpaired) electrons. The highest BCUT2D eigenvalue weighted by atomic mass is 79.9. The number of aromatic nitrogens is 2. The zero-order valence-electron chi connectivity index (χ0n) is 10.4. The molecule has 0 unspecified atom stereocenters. The van der Waals surface area contributed by atoms with Crippen LogP contribution in [0.5, 0.6) is 0 Å². The molecular formula is C14H16BrN3. The maximum Gasteiger partial charge on any atom is 0.124 e. The van der Waals surface area contributed by atoms with Gasteiger partial charge in [0.2, 0.25) is 0 Å². The van der Waals surface area contributed by atoms with Gasteiger partial charge in [-0.1, -0.05) is 28.1 Å². The summed E-state index contributed by atoms with van der Waals surface area (Å²) in [4.78, 5) is 10.4. The van der Waals surface area contributed by atoms with Crippen molar-refractivity contribution < 1.29 is 0 Å². The predicted molar refractivity (Wildman–Crippen MR) is 76.3 cm³/mol. The van der Waals surface area contributed by atoms with Crippen molar-refractivity contribution in [2.75, 3.05) is 13.6 Å². The Bertz CT molecular complexity index is 532. The van der Waals surface area contributed by atoms with Crippen LogP contribution in [0.1, 0.15) is 24.7 Å². The number of likely N-dealkylation sites (tertiary alicyclic amines) is 1. The molecule has 94 valence electrons. The van der Waals surface area contributed by atoms with Gasteiger partial charge >= 0.3 is 0 Å². The number of aromatic amines is 1. The van der Waals surface area contributed by atoms with E-state index in [1.807, 2.05) is 18.3 Å². The summed E-state index contributed by atoms with van der Waals surface area (Å²) >= 11 is 3.45. The van der Waals surface area contributed by atoms with Crippen LogP contribution in [0.2, 0.25) is 0 Å². The SMILES string of the molecule is CN1CCC[C@H]1c1nc(-c2ccc(Br)cc2)c[nH]1. The molecule has 0 aliphatic carbocycles. The van der Waals surface area contributed by atoms with Crippen LogP contribution in [-0.4, -0.2) is 28.5 Å². The van der Waals surface area contributed by atoms with Gasteiger partial charge in [0.1, 0.15) is 5.82 Å². The minimum Gasteiger partial charge on any atom is -0.347 e. The number of nitrogens with zero attached hydrogens (tertiary/aromatic N) is 2. The molecule has 1 fully saturated rings. The van der Waals surface area contributed by atoms with Crippen molar-refractivity contribution in [2.45, 2.75) is 18.9 Å². The van der Waals surface area contributed by atoms with E-state index in [0.717, 1.165) is 21.6 Å². The molecule has 2 aromatic rings. The Morgan fingerprint density at radius 3 is 2.78 bits per heavy atom. The Balaban J connectivity index is 1.87. The fourth-order valence-corrected chi connectivity index (χ4v) is 2.80. The van der Waals surface area contributed by atoms with Gasteiger partial charge in [0, 0.05) is 16.2 Å². The lowest BCUT2D eigenvalue weighted by Crippen LogP contribution is -2.18. The molecule has 4 heteroatoms. The quantitative estimate of drug-likeness (QED) is 0.919. The normalized spacial score (nSPS) is 20.4. The first-order chi connectivity index (χ1) is 8.74. The first kappa shape index (κ1) is 11.9. The largest absolute Gasteiger partial charge is 0.347 e. The highest BCUT2D eigenvalue weighted by Gasteiger charge is 2.25. The Morgan fingerprint density at radius 1 is 1.33 bits per heavy atom. The summed E-state index contributed by atoms with van der Waals surface area (Å²) in [5.74, 6) is 1.09. The van der Waals surface area contributed by atoms with E-state index < -0.39 is 0 Å². The summed E-state index contributed by atoms with van der Waals surface area (Å²) in [5.41, 5.74) is 2.18. The summed E-state index contributed by atoms with van der Waals surface area (Å²) < 4.78 is 1.09. The van der Waals surface area contributed by atoms with Crippen molar-refractivity contribution in [2.24, 2.45) is 0 Å². The molecule has 1 aromatic heterocycles. The van der Waals surface area contributed by atoms with E-state index in [4.69, 9.17) is 4.98 Å². The number of imidazole rings is 1. The van der Waals surface area contributed by atoms with Crippen LogP contribution < -0.4 is 0 Å². The van der Waals surface area contributed by atoms with Gasteiger partial charge < -0.3 is 4.98 Å². The number of hydrogen-bond donors (Lipinski definition) is 1. The number of H-pyrrole nitrogens is 1. The minimum absolute atomic E-state index is 0.453. The first-order valence-corrected chi connectivity index (χ1v) is 7.05. The van der Waals surface area contributed by atoms with Crippen molar-refractivity contribution in [1.82, 2.24) is 14.9 Å². The third-order valence-corrected chi connectivity index (χ3v) is 4.10. The number of hydrogen-bond acceptors (Lipinski definition) is 2. The zero-order chi connectivity index (χ0) is 12.5. The number of nitrogens with one attached hydrogen (secondary N) is 1. The number of benzene rings is 1. The van der Waals surface area contributed by atoms with Crippen molar-refractivity contribution in [3.63, 3.8) is 0 Å². The molecular weight excluding hydrogens is 290 g/mol. The Morgan fingerprint density at radius 2 is 2.11 bits per heavy atom. The van der Waals surface area contributed by atoms with Crippen LogP contribution in [0.3, 0.4) is 0 Å². The summed E-state index contributed by atoms with van der Waals surface area (Å²) in [7, 11) is 2.17. The van der Waals surface area contributed by atoms with Crippen molar-refractivity contribution in [3.8, 4) is 11.3 Å². The number of halogens is 1. The standard InChI is InChI=1S/C14H16BrN3/c1-18-8-2-3-13(18)14-16-9-12(17-14)10-4-6-11(15)7-5-10/h4-7,9,13H,2-3,8H2,1H3,(H,16,17)/t13-/m0/s1. The zero-order valence-corrected chi connectivity index (χ0v) is 11.9. The topological polar surface area (TPSA) is 31.9 Å². The lowest BCUT2D eigenvalue weighted by atomic mass is 10.2. The van der Waals surface area contributed by atoms with Gasteiger partial charge in [-0.25, -0.2) is 4.98 Å². The molecule has 1 N–H and O–H groups in total. The molecule has 3 nitrogen and oxygen atoms in total. The van der Waals surface area contributed by atoms with Crippen molar-refractivity contribution in [1.29, 1.82) is 0 Å². The fraction of sp³-hybridized carbons (Fsp3) is 0.357. The molecule has 3 rings (SSSR count). The summed E-state index contributed by atoms with van der Waals surface area (Å²) in [6, 6.07) is 8.72. The third kappa shape index (κ3) is 2.22. The van der Waals surface area contributed by atoms with Gasteiger partial charge in [-0.2, -0.15) is 0 Å². The molecule has 1 saturated heterocycles. The highest BCUT2D eigenvalue weighted by molar-refractivity contribution is 9.10. The molecule has 2 heterocycles. The van der Waals surface area contributed by atoms with Gasteiger partial charge in [-0.05, 0) is 38.6 Å². The molecule has 1 aliphatic heterocycles. The smallest absolute Gasteiger partial charge is 0.124 e. The Labute approximate surface area is 115 Å². The minimum atomic E-state index is 0.453.